The van der Waals surface area contributed by atoms with E-state index in [4.69, 9.17) is 4.99 Å². The molecule has 1 aromatic carbocycles. The van der Waals surface area contributed by atoms with E-state index in [1.54, 1.807) is 6.20 Å². The largest absolute Gasteiger partial charge is 0.370 e. The molecule has 3 aromatic rings. The summed E-state index contributed by atoms with van der Waals surface area (Å²) in [6.07, 6.45) is 9.80. The van der Waals surface area contributed by atoms with Crippen molar-refractivity contribution >= 4 is 23.5 Å². The fraction of sp³-hybridized carbons (Fsp3) is 0.370. The molecule has 1 atom stereocenters. The maximum absolute atomic E-state index is 4.98. The van der Waals surface area contributed by atoms with Crippen LogP contribution in [0.25, 0.3) is 10.9 Å². The summed E-state index contributed by atoms with van der Waals surface area (Å²) >= 11 is 0. The van der Waals surface area contributed by atoms with Gasteiger partial charge < -0.3 is 10.3 Å². The van der Waals surface area contributed by atoms with Gasteiger partial charge in [-0.25, -0.2) is 9.98 Å². The topological polar surface area (TPSA) is 65.4 Å². The Morgan fingerprint density at radius 2 is 2.03 bits per heavy atom. The first-order chi connectivity index (χ1) is 15.6. The SMILES string of the molecule is C=N/C(=N\C(NCCc1c[nH]c2ccccc12)=C(\CCC)C(C)CC)c1cncc(C)c1. The molecule has 0 fully saturated rings. The van der Waals surface area contributed by atoms with Gasteiger partial charge in [-0.3, -0.25) is 4.98 Å². The van der Waals surface area contributed by atoms with Crippen molar-refractivity contribution in [2.24, 2.45) is 15.9 Å². The number of hydrogen-bond acceptors (Lipinski definition) is 3. The Morgan fingerprint density at radius 3 is 2.75 bits per heavy atom. The number of amidine groups is 1. The van der Waals surface area contributed by atoms with Crippen LogP contribution in [-0.2, 0) is 6.42 Å². The molecule has 0 saturated carbocycles. The summed E-state index contributed by atoms with van der Waals surface area (Å²) in [4.78, 5) is 16.9. The number of benzene rings is 1. The van der Waals surface area contributed by atoms with E-state index in [0.29, 0.717) is 11.8 Å². The number of fused-ring (bicyclic) bond motifs is 1. The van der Waals surface area contributed by atoms with E-state index in [0.717, 1.165) is 49.2 Å². The van der Waals surface area contributed by atoms with Gasteiger partial charge in [-0.2, -0.15) is 0 Å². The van der Waals surface area contributed by atoms with Gasteiger partial charge in [-0.05, 0) is 67.7 Å². The van der Waals surface area contributed by atoms with Gasteiger partial charge in [0.15, 0.2) is 5.84 Å². The normalized spacial score (nSPS) is 13.7. The molecule has 0 aliphatic heterocycles. The standard InChI is InChI=1S/C27H35N5/c1-6-10-23(20(4)7-2)27(32-26(28-5)22-15-19(3)16-29-17-22)30-14-13-21-18-31-25-12-9-8-11-24(21)25/h8-9,11-12,15-18,20,30-31H,5-7,10,13-14H2,1-4H3/b27-23-,32-26-. The summed E-state index contributed by atoms with van der Waals surface area (Å²) in [6, 6.07) is 10.5. The molecule has 0 bridgehead atoms. The number of allylic oxidation sites excluding steroid dienone is 1. The highest BCUT2D eigenvalue weighted by atomic mass is 15.1. The van der Waals surface area contributed by atoms with Crippen molar-refractivity contribution in [3.8, 4) is 0 Å². The van der Waals surface area contributed by atoms with Crippen molar-refractivity contribution in [1.29, 1.82) is 0 Å². The summed E-state index contributed by atoms with van der Waals surface area (Å²) in [7, 11) is 0. The smallest absolute Gasteiger partial charge is 0.162 e. The van der Waals surface area contributed by atoms with Crippen molar-refractivity contribution in [3.63, 3.8) is 0 Å². The summed E-state index contributed by atoms with van der Waals surface area (Å²) in [5.74, 6) is 1.97. The first-order valence-corrected chi connectivity index (χ1v) is 11.6. The van der Waals surface area contributed by atoms with Crippen LogP contribution >= 0.6 is 0 Å². The highest BCUT2D eigenvalue weighted by Crippen LogP contribution is 2.24. The summed E-state index contributed by atoms with van der Waals surface area (Å²) < 4.78 is 0. The fourth-order valence-electron chi connectivity index (χ4n) is 3.97. The zero-order valence-electron chi connectivity index (χ0n) is 19.8. The highest BCUT2D eigenvalue weighted by molar-refractivity contribution is 6.01. The van der Waals surface area contributed by atoms with E-state index >= 15 is 0 Å². The number of pyridine rings is 1. The van der Waals surface area contributed by atoms with Crippen LogP contribution in [0.3, 0.4) is 0 Å². The Hall–Kier alpha value is -3.21. The van der Waals surface area contributed by atoms with E-state index in [-0.39, 0.29) is 0 Å². The van der Waals surface area contributed by atoms with E-state index < -0.39 is 0 Å². The molecular formula is C27H35N5. The number of nitrogens with zero attached hydrogens (tertiary/aromatic N) is 3. The molecule has 0 amide bonds. The van der Waals surface area contributed by atoms with Crippen LogP contribution in [0, 0.1) is 12.8 Å². The number of aromatic amines is 1. The van der Waals surface area contributed by atoms with Crippen LogP contribution in [0.2, 0.25) is 0 Å². The molecule has 0 aliphatic carbocycles. The minimum atomic E-state index is 0.441. The van der Waals surface area contributed by atoms with Crippen LogP contribution < -0.4 is 5.32 Å². The minimum absolute atomic E-state index is 0.441. The number of aromatic nitrogens is 2. The lowest BCUT2D eigenvalue weighted by Gasteiger charge is -2.19. The third-order valence-corrected chi connectivity index (χ3v) is 5.89. The number of hydrogen-bond donors (Lipinski definition) is 2. The molecular weight excluding hydrogens is 394 g/mol. The van der Waals surface area contributed by atoms with E-state index in [1.807, 2.05) is 19.2 Å². The Bertz CT molecular complexity index is 1110. The van der Waals surface area contributed by atoms with Gasteiger partial charge in [0.25, 0.3) is 0 Å². The number of para-hydroxylation sites is 1. The summed E-state index contributed by atoms with van der Waals surface area (Å²) in [5.41, 5.74) is 5.79. The Labute approximate surface area is 191 Å². The number of rotatable bonds is 10. The number of aliphatic imine (C=N–C) groups is 2. The molecule has 0 aliphatic rings. The van der Waals surface area contributed by atoms with Gasteiger partial charge in [-0.1, -0.05) is 45.4 Å². The van der Waals surface area contributed by atoms with Crippen LogP contribution in [0.4, 0.5) is 0 Å². The first kappa shape index (κ1) is 23.5. The molecule has 5 nitrogen and oxygen atoms in total. The van der Waals surface area contributed by atoms with E-state index in [2.05, 4.69) is 78.2 Å². The second kappa shape index (κ2) is 11.4. The third-order valence-electron chi connectivity index (χ3n) is 5.89. The number of nitrogens with one attached hydrogen (secondary N) is 2. The van der Waals surface area contributed by atoms with Crippen molar-refractivity contribution in [3.05, 3.63) is 77.0 Å². The fourth-order valence-corrected chi connectivity index (χ4v) is 3.97. The lowest BCUT2D eigenvalue weighted by molar-refractivity contribution is 0.593. The highest BCUT2D eigenvalue weighted by Gasteiger charge is 2.14. The Balaban J connectivity index is 1.92. The average Bonchev–Trinajstić information content (AvgIpc) is 3.22. The zero-order chi connectivity index (χ0) is 22.9. The molecule has 0 radical (unpaired) electrons. The first-order valence-electron chi connectivity index (χ1n) is 11.6. The maximum atomic E-state index is 4.98. The maximum Gasteiger partial charge on any atom is 0.162 e. The Morgan fingerprint density at radius 1 is 1.22 bits per heavy atom. The molecule has 0 spiro atoms. The van der Waals surface area contributed by atoms with Gasteiger partial charge in [0.1, 0.15) is 5.82 Å². The van der Waals surface area contributed by atoms with Gasteiger partial charge in [0, 0.05) is 41.6 Å². The van der Waals surface area contributed by atoms with Crippen molar-refractivity contribution in [1.82, 2.24) is 15.3 Å². The molecule has 32 heavy (non-hydrogen) atoms. The van der Waals surface area contributed by atoms with Gasteiger partial charge in [-0.15, -0.1) is 0 Å². The number of H-pyrrole nitrogens is 1. The summed E-state index contributed by atoms with van der Waals surface area (Å²) in [6.45, 7) is 13.3. The van der Waals surface area contributed by atoms with E-state index in [9.17, 15) is 0 Å². The van der Waals surface area contributed by atoms with Crippen molar-refractivity contribution in [2.75, 3.05) is 6.54 Å². The minimum Gasteiger partial charge on any atom is -0.370 e. The monoisotopic (exact) mass is 429 g/mol. The van der Waals surface area contributed by atoms with Crippen LogP contribution in [0.1, 0.15) is 56.7 Å². The van der Waals surface area contributed by atoms with Crippen LogP contribution in [0.5, 0.6) is 0 Å². The summed E-state index contributed by atoms with van der Waals surface area (Å²) in [5, 5.41) is 4.92. The van der Waals surface area contributed by atoms with Crippen LogP contribution in [0.15, 0.2) is 70.3 Å². The van der Waals surface area contributed by atoms with Gasteiger partial charge >= 0.3 is 0 Å². The van der Waals surface area contributed by atoms with Crippen LogP contribution in [-0.4, -0.2) is 29.1 Å². The molecule has 0 saturated heterocycles. The zero-order valence-corrected chi connectivity index (χ0v) is 19.8. The quantitative estimate of drug-likeness (QED) is 0.297. The predicted octanol–water partition coefficient (Wildman–Crippen LogP) is 6.21. The number of aryl methyl sites for hydroxylation is 1. The molecule has 2 aromatic heterocycles. The van der Waals surface area contributed by atoms with Crippen molar-refractivity contribution < 1.29 is 0 Å². The average molecular weight is 430 g/mol. The predicted molar refractivity (Wildman–Crippen MR) is 136 cm³/mol. The lowest BCUT2D eigenvalue weighted by Crippen LogP contribution is -2.20. The molecule has 5 heteroatoms. The Kier molecular flexibility index (Phi) is 8.37. The third kappa shape index (κ3) is 5.72. The van der Waals surface area contributed by atoms with Gasteiger partial charge in [0.2, 0.25) is 0 Å². The molecule has 2 N–H and O–H groups in total. The second-order valence-corrected chi connectivity index (χ2v) is 8.31. The molecule has 3 rings (SSSR count). The molecule has 168 valence electrons. The second-order valence-electron chi connectivity index (χ2n) is 8.31. The lowest BCUT2D eigenvalue weighted by atomic mass is 9.94. The molecule has 2 heterocycles. The van der Waals surface area contributed by atoms with Crippen molar-refractivity contribution in [2.45, 2.75) is 53.4 Å². The van der Waals surface area contributed by atoms with Gasteiger partial charge in [0.05, 0.1) is 0 Å². The molecule has 1 unspecified atom stereocenters. The van der Waals surface area contributed by atoms with E-state index in [1.165, 1.54) is 22.0 Å².